The first-order valence-corrected chi connectivity index (χ1v) is 10.1. The first-order chi connectivity index (χ1) is 13.5. The molecule has 1 radical (unpaired) electrons. The van der Waals surface area contributed by atoms with Crippen LogP contribution in [0.4, 0.5) is 0 Å². The van der Waals surface area contributed by atoms with Crippen molar-refractivity contribution in [3.05, 3.63) is 42.3 Å². The van der Waals surface area contributed by atoms with E-state index in [2.05, 4.69) is 28.4 Å². The van der Waals surface area contributed by atoms with Crippen LogP contribution in [0.3, 0.4) is 0 Å². The largest absolute Gasteiger partial charge is 0.369 e. The number of rotatable bonds is 7. The maximum Gasteiger partial charge on any atom is 0.225 e. The van der Waals surface area contributed by atoms with Crippen LogP contribution >= 0.6 is 0 Å². The summed E-state index contributed by atoms with van der Waals surface area (Å²) in [5, 5.41) is 12.6. The molecule has 149 valence electrons. The predicted octanol–water partition coefficient (Wildman–Crippen LogP) is 2.30. The van der Waals surface area contributed by atoms with Gasteiger partial charge in [0.25, 0.3) is 0 Å². The van der Waals surface area contributed by atoms with E-state index >= 15 is 0 Å². The molecule has 0 spiro atoms. The minimum atomic E-state index is -0.880. The number of hydrogen-bond donors (Lipinski definition) is 2. The summed E-state index contributed by atoms with van der Waals surface area (Å²) in [5.74, 6) is -0.601. The number of carbonyl (C=O) groups excluding carboxylic acids is 2. The Kier molecular flexibility index (Phi) is 6.35. The molecule has 1 aromatic carbocycles. The maximum atomic E-state index is 12.5. The smallest absolute Gasteiger partial charge is 0.225 e. The van der Waals surface area contributed by atoms with E-state index in [1.54, 1.807) is 0 Å². The predicted molar refractivity (Wildman–Crippen MR) is 106 cm³/mol. The normalized spacial score (nSPS) is 24.4. The van der Waals surface area contributed by atoms with Gasteiger partial charge in [0.05, 0.1) is 12.5 Å². The summed E-state index contributed by atoms with van der Waals surface area (Å²) in [5.41, 5.74) is 5.35. The summed E-state index contributed by atoms with van der Waals surface area (Å²) in [6, 6.07) is 12.4. The number of primary amides is 1. The van der Waals surface area contributed by atoms with Crippen LogP contribution in [0.25, 0.3) is 0 Å². The Morgan fingerprint density at radius 1 is 1.18 bits per heavy atom. The molecule has 6 heteroatoms. The quantitative estimate of drug-likeness (QED) is 0.757. The molecule has 0 bridgehead atoms. The van der Waals surface area contributed by atoms with Crippen LogP contribution in [0, 0.1) is 23.2 Å². The third-order valence-electron chi connectivity index (χ3n) is 6.19. The Morgan fingerprint density at radius 3 is 2.54 bits per heavy atom. The zero-order chi connectivity index (χ0) is 20.0. The van der Waals surface area contributed by atoms with Gasteiger partial charge in [0.15, 0.2) is 0 Å². The first-order valence-electron chi connectivity index (χ1n) is 10.1. The summed E-state index contributed by atoms with van der Waals surface area (Å²) in [6.45, 7) is 2.02. The molecule has 2 aliphatic rings. The van der Waals surface area contributed by atoms with Crippen LogP contribution in [0.5, 0.6) is 0 Å². The zero-order valence-electron chi connectivity index (χ0n) is 16.3. The highest BCUT2D eigenvalue weighted by Gasteiger charge is 2.41. The van der Waals surface area contributed by atoms with Crippen molar-refractivity contribution in [2.24, 2.45) is 11.1 Å². The molecule has 28 heavy (non-hydrogen) atoms. The Bertz CT molecular complexity index is 737. The lowest BCUT2D eigenvalue weighted by atomic mass is 9.70. The van der Waals surface area contributed by atoms with Crippen LogP contribution in [-0.4, -0.2) is 35.3 Å². The summed E-state index contributed by atoms with van der Waals surface area (Å²) < 4.78 is 0. The van der Waals surface area contributed by atoms with Crippen LogP contribution < -0.4 is 11.1 Å². The molecule has 2 amide bonds. The van der Waals surface area contributed by atoms with Gasteiger partial charge in [-0.1, -0.05) is 49.6 Å². The molecule has 1 unspecified atom stereocenters. The van der Waals surface area contributed by atoms with Crippen molar-refractivity contribution >= 4 is 11.8 Å². The van der Waals surface area contributed by atoms with Crippen molar-refractivity contribution in [2.45, 2.75) is 57.0 Å². The highest BCUT2D eigenvalue weighted by molar-refractivity contribution is 5.88. The van der Waals surface area contributed by atoms with E-state index in [0.29, 0.717) is 19.4 Å². The van der Waals surface area contributed by atoms with Gasteiger partial charge >= 0.3 is 0 Å². The SMILES string of the molecule is N#CC1(NC(=O)[CH]CC2(C(N)=O)CCCCC2)CCN(Cc2ccccc2)C1. The summed E-state index contributed by atoms with van der Waals surface area (Å²) >= 11 is 0. The second-order valence-corrected chi connectivity index (χ2v) is 8.24. The summed E-state index contributed by atoms with van der Waals surface area (Å²) in [7, 11) is 0. The van der Waals surface area contributed by atoms with Gasteiger partial charge in [-0.2, -0.15) is 5.26 Å². The number of benzene rings is 1. The monoisotopic (exact) mass is 381 g/mol. The average molecular weight is 382 g/mol. The van der Waals surface area contributed by atoms with E-state index in [1.807, 2.05) is 18.2 Å². The van der Waals surface area contributed by atoms with E-state index < -0.39 is 11.0 Å². The molecule has 1 atom stereocenters. The highest BCUT2D eigenvalue weighted by Crippen LogP contribution is 2.39. The van der Waals surface area contributed by atoms with Gasteiger partial charge in [-0.25, -0.2) is 0 Å². The minimum absolute atomic E-state index is 0.283. The summed E-state index contributed by atoms with van der Waals surface area (Å²) in [4.78, 5) is 26.7. The van der Waals surface area contributed by atoms with Crippen molar-refractivity contribution in [1.82, 2.24) is 10.2 Å². The maximum absolute atomic E-state index is 12.5. The molecule has 0 aromatic heterocycles. The van der Waals surface area contributed by atoms with Crippen molar-refractivity contribution in [3.63, 3.8) is 0 Å². The molecule has 1 aromatic rings. The number of carbonyl (C=O) groups is 2. The molecular weight excluding hydrogens is 352 g/mol. The lowest BCUT2D eigenvalue weighted by Gasteiger charge is -2.34. The minimum Gasteiger partial charge on any atom is -0.369 e. The van der Waals surface area contributed by atoms with Crippen LogP contribution in [0.1, 0.15) is 50.5 Å². The van der Waals surface area contributed by atoms with E-state index in [4.69, 9.17) is 5.73 Å². The number of nitrogens with two attached hydrogens (primary N) is 1. The number of amides is 2. The van der Waals surface area contributed by atoms with Gasteiger partial charge < -0.3 is 11.1 Å². The fraction of sp³-hybridized carbons (Fsp3) is 0.545. The van der Waals surface area contributed by atoms with Crippen LogP contribution in [0.15, 0.2) is 30.3 Å². The van der Waals surface area contributed by atoms with Gasteiger partial charge in [0.1, 0.15) is 5.54 Å². The third-order valence-corrected chi connectivity index (χ3v) is 6.19. The molecule has 2 fully saturated rings. The number of hydrogen-bond acceptors (Lipinski definition) is 4. The van der Waals surface area contributed by atoms with E-state index in [0.717, 1.165) is 45.2 Å². The Labute approximate surface area is 167 Å². The number of nitriles is 1. The molecule has 3 rings (SSSR count). The molecule has 1 aliphatic carbocycles. The Balaban J connectivity index is 1.55. The van der Waals surface area contributed by atoms with E-state index in [1.165, 1.54) is 12.0 Å². The molecule has 6 nitrogen and oxygen atoms in total. The number of nitrogens with one attached hydrogen (secondary N) is 1. The molecule has 1 saturated carbocycles. The average Bonchev–Trinajstić information content (AvgIpc) is 3.10. The van der Waals surface area contributed by atoms with Gasteiger partial charge in [-0.05, 0) is 31.2 Å². The molecule has 1 saturated heterocycles. The fourth-order valence-electron chi connectivity index (χ4n) is 4.44. The third kappa shape index (κ3) is 4.71. The molecule has 1 heterocycles. The summed E-state index contributed by atoms with van der Waals surface area (Å²) in [6.07, 6.45) is 6.98. The number of nitrogens with zero attached hydrogens (tertiary/aromatic N) is 2. The number of likely N-dealkylation sites (tertiary alicyclic amines) is 1. The van der Waals surface area contributed by atoms with Crippen LogP contribution in [-0.2, 0) is 16.1 Å². The van der Waals surface area contributed by atoms with Gasteiger partial charge in [-0.15, -0.1) is 0 Å². The Hall–Kier alpha value is -2.39. The topological polar surface area (TPSA) is 99.2 Å². The van der Waals surface area contributed by atoms with Crippen molar-refractivity contribution in [1.29, 1.82) is 5.26 Å². The Morgan fingerprint density at radius 2 is 1.89 bits per heavy atom. The van der Waals surface area contributed by atoms with Crippen molar-refractivity contribution in [2.75, 3.05) is 13.1 Å². The molecule has 1 aliphatic heterocycles. The molecule has 3 N–H and O–H groups in total. The van der Waals surface area contributed by atoms with Gasteiger partial charge in [-0.3, -0.25) is 14.5 Å². The van der Waals surface area contributed by atoms with Crippen molar-refractivity contribution < 1.29 is 9.59 Å². The van der Waals surface area contributed by atoms with Crippen molar-refractivity contribution in [3.8, 4) is 6.07 Å². The highest BCUT2D eigenvalue weighted by atomic mass is 16.2. The first kappa shape index (κ1) is 20.3. The van der Waals surface area contributed by atoms with Crippen LogP contribution in [0.2, 0.25) is 0 Å². The zero-order valence-corrected chi connectivity index (χ0v) is 16.3. The van der Waals surface area contributed by atoms with E-state index in [-0.39, 0.29) is 11.8 Å². The van der Waals surface area contributed by atoms with Gasteiger partial charge in [0, 0.05) is 25.0 Å². The lowest BCUT2D eigenvalue weighted by molar-refractivity contribution is -0.129. The molecular formula is C22H29N4O2. The standard InChI is InChI=1S/C22H29N4O2/c23-16-22(13-14-26(17-22)15-18-7-3-1-4-8-18)25-19(27)9-12-21(20(24)28)10-5-2-6-11-21/h1,3-4,7-9H,2,5-6,10-15,17H2,(H2,24,28)(H,25,27). The fourth-order valence-corrected chi connectivity index (χ4v) is 4.44. The lowest BCUT2D eigenvalue weighted by Crippen LogP contribution is -2.50. The van der Waals surface area contributed by atoms with E-state index in [9.17, 15) is 14.9 Å². The van der Waals surface area contributed by atoms with Gasteiger partial charge in [0.2, 0.25) is 11.8 Å². The second kappa shape index (κ2) is 8.74. The second-order valence-electron chi connectivity index (χ2n) is 8.24.